The maximum Gasteiger partial charge on any atom is 0.265 e. The summed E-state index contributed by atoms with van der Waals surface area (Å²) in [5.41, 5.74) is 3.26. The molecule has 30 heavy (non-hydrogen) atoms. The number of likely N-dealkylation sites (N-methyl/N-ethyl adjacent to an activating group) is 1. The number of thiocarbonyl (C=S) groups is 1. The highest BCUT2D eigenvalue weighted by Crippen LogP contribution is 2.26. The summed E-state index contributed by atoms with van der Waals surface area (Å²) in [5.74, 6) is -0.903. The van der Waals surface area contributed by atoms with Gasteiger partial charge < -0.3 is 4.57 Å². The van der Waals surface area contributed by atoms with E-state index in [0.717, 1.165) is 22.0 Å². The average molecular weight is 414 g/mol. The Labute approximate surface area is 179 Å². The van der Waals surface area contributed by atoms with Crippen molar-refractivity contribution in [2.75, 3.05) is 6.54 Å². The number of nitrogens with one attached hydrogen (secondary N) is 1. The fourth-order valence-corrected chi connectivity index (χ4v) is 3.91. The molecule has 0 spiro atoms. The molecule has 2 aromatic carbocycles. The van der Waals surface area contributed by atoms with Gasteiger partial charge >= 0.3 is 0 Å². The van der Waals surface area contributed by atoms with Gasteiger partial charge in [-0.1, -0.05) is 36.4 Å². The second-order valence-corrected chi connectivity index (χ2v) is 7.25. The minimum Gasteiger partial charge on any atom is -0.342 e. The lowest BCUT2D eigenvalue weighted by atomic mass is 10.1. The number of hydrogen-bond acceptors (Lipinski definition) is 4. The minimum atomic E-state index is -0.499. The summed E-state index contributed by atoms with van der Waals surface area (Å²) in [5, 5.41) is 13.0. The molecular formula is C23H18N4O2S. The van der Waals surface area contributed by atoms with Crippen molar-refractivity contribution in [1.82, 2.24) is 14.8 Å². The van der Waals surface area contributed by atoms with E-state index in [1.54, 1.807) is 19.1 Å². The number of aromatic nitrogens is 1. The van der Waals surface area contributed by atoms with Crippen LogP contribution in [0.1, 0.15) is 23.6 Å². The molecule has 0 saturated carbocycles. The minimum absolute atomic E-state index is 0.0470. The van der Waals surface area contributed by atoms with Crippen molar-refractivity contribution in [3.05, 3.63) is 77.0 Å². The van der Waals surface area contributed by atoms with E-state index in [0.29, 0.717) is 18.7 Å². The molecule has 148 valence electrons. The third-order valence-corrected chi connectivity index (χ3v) is 5.42. The van der Waals surface area contributed by atoms with E-state index in [9.17, 15) is 14.9 Å². The van der Waals surface area contributed by atoms with Crippen molar-refractivity contribution in [2.45, 2.75) is 13.5 Å². The maximum absolute atomic E-state index is 12.8. The lowest BCUT2D eigenvalue weighted by molar-refractivity contribution is -0.128. The fraction of sp³-hybridized carbons (Fsp3) is 0.130. The van der Waals surface area contributed by atoms with Crippen LogP contribution in [0.4, 0.5) is 0 Å². The predicted molar refractivity (Wildman–Crippen MR) is 118 cm³/mol. The highest BCUT2D eigenvalue weighted by atomic mass is 32.1. The van der Waals surface area contributed by atoms with Crippen LogP contribution in [0.5, 0.6) is 0 Å². The summed E-state index contributed by atoms with van der Waals surface area (Å²) in [4.78, 5) is 26.6. The van der Waals surface area contributed by atoms with Crippen molar-refractivity contribution >= 4 is 46.1 Å². The highest BCUT2D eigenvalue weighted by Gasteiger charge is 2.32. The Bertz CT molecular complexity index is 1270. The molecule has 2 amide bonds. The molecule has 2 heterocycles. The van der Waals surface area contributed by atoms with Gasteiger partial charge in [0.25, 0.3) is 11.8 Å². The lowest BCUT2D eigenvalue weighted by Crippen LogP contribution is -2.53. The zero-order chi connectivity index (χ0) is 21.3. The molecule has 1 N–H and O–H groups in total. The maximum atomic E-state index is 12.8. The summed E-state index contributed by atoms with van der Waals surface area (Å²) in [6.07, 6.45) is 3.51. The van der Waals surface area contributed by atoms with Crippen LogP contribution in [-0.4, -0.2) is 32.9 Å². The molecule has 7 heteroatoms. The molecule has 1 saturated heterocycles. The van der Waals surface area contributed by atoms with Crippen LogP contribution < -0.4 is 5.32 Å². The topological polar surface area (TPSA) is 78.1 Å². The molecule has 0 atom stereocenters. The normalized spacial score (nSPS) is 15.5. The SMILES string of the molecule is CCN1C(=O)/C(=C/c2cn(Cc3ccccc3C#N)c3ccccc23)C(=O)NC1=S. The molecule has 0 radical (unpaired) electrons. The number of rotatable bonds is 4. The van der Waals surface area contributed by atoms with Gasteiger partial charge in [0.05, 0.1) is 11.6 Å². The Morgan fingerprint density at radius 3 is 2.63 bits per heavy atom. The third-order valence-electron chi connectivity index (χ3n) is 5.10. The first-order chi connectivity index (χ1) is 14.5. The van der Waals surface area contributed by atoms with Crippen molar-refractivity contribution in [3.63, 3.8) is 0 Å². The number of hydrogen-bond donors (Lipinski definition) is 1. The van der Waals surface area contributed by atoms with Crippen LogP contribution in [-0.2, 0) is 16.1 Å². The van der Waals surface area contributed by atoms with Crippen molar-refractivity contribution in [2.24, 2.45) is 0 Å². The van der Waals surface area contributed by atoms with Gasteiger partial charge in [0.15, 0.2) is 5.11 Å². The number of carbonyl (C=O) groups excluding carboxylic acids is 2. The summed E-state index contributed by atoms with van der Waals surface area (Å²) >= 11 is 5.09. The van der Waals surface area contributed by atoms with Crippen LogP contribution in [0.15, 0.2) is 60.3 Å². The van der Waals surface area contributed by atoms with Crippen LogP contribution in [0.3, 0.4) is 0 Å². The number of fused-ring (bicyclic) bond motifs is 1. The average Bonchev–Trinajstić information content (AvgIpc) is 3.09. The van der Waals surface area contributed by atoms with Crippen LogP contribution in [0, 0.1) is 11.3 Å². The van der Waals surface area contributed by atoms with E-state index < -0.39 is 11.8 Å². The van der Waals surface area contributed by atoms with Gasteiger partial charge in [-0.25, -0.2) is 0 Å². The summed E-state index contributed by atoms with van der Waals surface area (Å²) in [7, 11) is 0. The van der Waals surface area contributed by atoms with Gasteiger partial charge in [-0.2, -0.15) is 5.26 Å². The number of nitrogens with zero attached hydrogens (tertiary/aromatic N) is 3. The number of benzene rings is 2. The molecule has 3 aromatic rings. The molecule has 4 rings (SSSR count). The van der Waals surface area contributed by atoms with Crippen molar-refractivity contribution in [1.29, 1.82) is 5.26 Å². The van der Waals surface area contributed by atoms with Crippen LogP contribution in [0.25, 0.3) is 17.0 Å². The van der Waals surface area contributed by atoms with E-state index in [-0.39, 0.29) is 10.7 Å². The Morgan fingerprint density at radius 2 is 1.87 bits per heavy atom. The number of amides is 2. The third kappa shape index (κ3) is 3.38. The zero-order valence-electron chi connectivity index (χ0n) is 16.3. The standard InChI is InChI=1S/C23H18N4O2S/c1-2-27-22(29)19(21(28)25-23(27)30)11-17-14-26(20-10-6-5-9-18(17)20)13-16-8-4-3-7-15(16)12-24/h3-11,14H,2,13H2,1H3,(H,25,28,30)/b19-11+. The van der Waals surface area contributed by atoms with Crippen molar-refractivity contribution < 1.29 is 9.59 Å². The van der Waals surface area contributed by atoms with Gasteiger partial charge in [-0.05, 0) is 42.9 Å². The quantitative estimate of drug-likeness (QED) is 0.404. The summed E-state index contributed by atoms with van der Waals surface area (Å²) in [6, 6.07) is 17.4. The van der Waals surface area contributed by atoms with Crippen LogP contribution >= 0.6 is 12.2 Å². The smallest absolute Gasteiger partial charge is 0.265 e. The molecule has 0 aliphatic carbocycles. The lowest BCUT2D eigenvalue weighted by Gasteiger charge is -2.27. The zero-order valence-corrected chi connectivity index (χ0v) is 17.1. The Hall–Kier alpha value is -3.76. The fourth-order valence-electron chi connectivity index (χ4n) is 3.61. The molecule has 1 aromatic heterocycles. The van der Waals surface area contributed by atoms with Gasteiger partial charge in [0.1, 0.15) is 5.57 Å². The molecule has 1 aliphatic heterocycles. The van der Waals surface area contributed by atoms with Gasteiger partial charge in [0.2, 0.25) is 0 Å². The highest BCUT2D eigenvalue weighted by molar-refractivity contribution is 7.80. The largest absolute Gasteiger partial charge is 0.342 e. The molecular weight excluding hydrogens is 396 g/mol. The van der Waals surface area contributed by atoms with E-state index in [1.165, 1.54) is 4.90 Å². The van der Waals surface area contributed by atoms with Gasteiger partial charge in [-0.3, -0.25) is 19.8 Å². The molecule has 6 nitrogen and oxygen atoms in total. The first-order valence-electron chi connectivity index (χ1n) is 9.48. The summed E-state index contributed by atoms with van der Waals surface area (Å²) in [6.45, 7) is 2.68. The second-order valence-electron chi connectivity index (χ2n) is 6.87. The van der Waals surface area contributed by atoms with Crippen molar-refractivity contribution in [3.8, 4) is 6.07 Å². The summed E-state index contributed by atoms with van der Waals surface area (Å²) < 4.78 is 2.02. The first-order valence-corrected chi connectivity index (χ1v) is 9.89. The monoisotopic (exact) mass is 414 g/mol. The van der Waals surface area contributed by atoms with E-state index in [2.05, 4.69) is 11.4 Å². The Balaban J connectivity index is 1.80. The number of carbonyl (C=O) groups is 2. The first kappa shape index (κ1) is 19.6. The predicted octanol–water partition coefficient (Wildman–Crippen LogP) is 3.21. The van der Waals surface area contributed by atoms with E-state index in [1.807, 2.05) is 53.2 Å². The molecule has 1 aliphatic rings. The Kier molecular flexibility index (Phi) is 5.17. The molecule has 0 bridgehead atoms. The van der Waals surface area contributed by atoms with E-state index >= 15 is 0 Å². The molecule has 0 unspecified atom stereocenters. The Morgan fingerprint density at radius 1 is 1.13 bits per heavy atom. The number of nitriles is 1. The van der Waals surface area contributed by atoms with Crippen LogP contribution in [0.2, 0.25) is 0 Å². The molecule has 1 fully saturated rings. The number of para-hydroxylation sites is 1. The van der Waals surface area contributed by atoms with Gasteiger partial charge in [-0.15, -0.1) is 0 Å². The second kappa shape index (κ2) is 7.93. The van der Waals surface area contributed by atoms with E-state index in [4.69, 9.17) is 12.2 Å². The van der Waals surface area contributed by atoms with Gasteiger partial charge in [0, 0.05) is 35.8 Å².